The van der Waals surface area contributed by atoms with E-state index in [1.165, 1.54) is 0 Å². The number of hydrogen-bond acceptors (Lipinski definition) is 3. The molecule has 1 amide bonds. The summed E-state index contributed by atoms with van der Waals surface area (Å²) in [5.74, 6) is 0. The molecule has 1 fully saturated rings. The van der Waals surface area contributed by atoms with Crippen LogP contribution in [0.5, 0.6) is 0 Å². The van der Waals surface area contributed by atoms with Gasteiger partial charge < -0.3 is 9.47 Å². The maximum atomic E-state index is 11.5. The second kappa shape index (κ2) is 6.27. The minimum absolute atomic E-state index is 0.0181. The van der Waals surface area contributed by atoms with E-state index in [0.717, 1.165) is 19.4 Å². The van der Waals surface area contributed by atoms with Crippen LogP contribution in [-0.2, 0) is 9.47 Å². The quantitative estimate of drug-likeness (QED) is 0.922. The molecule has 4 nitrogen and oxygen atoms in total. The summed E-state index contributed by atoms with van der Waals surface area (Å²) in [4.78, 5) is 11.5. The van der Waals surface area contributed by atoms with E-state index in [0.29, 0.717) is 15.7 Å². The second-order valence-electron chi connectivity index (χ2n) is 3.99. The lowest BCUT2D eigenvalue weighted by Gasteiger charge is -2.11. The van der Waals surface area contributed by atoms with Crippen molar-refractivity contribution < 1.29 is 14.3 Å². The minimum Gasteiger partial charge on any atom is -0.447 e. The lowest BCUT2D eigenvalue weighted by Crippen LogP contribution is -2.21. The standard InChI is InChI=1S/C12H13Cl2NO3/c13-10-4-3-8(6-11(10)14)15-12(16)18-7-9-2-1-5-17-9/h3-4,6,9H,1-2,5,7H2,(H,15,16). The Morgan fingerprint density at radius 3 is 2.94 bits per heavy atom. The van der Waals surface area contributed by atoms with Crippen LogP contribution in [0.1, 0.15) is 12.8 Å². The van der Waals surface area contributed by atoms with Gasteiger partial charge in [-0.3, -0.25) is 5.32 Å². The summed E-state index contributed by atoms with van der Waals surface area (Å²) >= 11 is 11.6. The fraction of sp³-hybridized carbons (Fsp3) is 0.417. The molecule has 1 unspecified atom stereocenters. The van der Waals surface area contributed by atoms with Gasteiger partial charge in [-0.1, -0.05) is 23.2 Å². The molecule has 0 saturated carbocycles. The normalized spacial score (nSPS) is 18.7. The Kier molecular flexibility index (Phi) is 4.69. The van der Waals surface area contributed by atoms with Crippen LogP contribution < -0.4 is 5.32 Å². The summed E-state index contributed by atoms with van der Waals surface area (Å²) < 4.78 is 10.4. The smallest absolute Gasteiger partial charge is 0.411 e. The Morgan fingerprint density at radius 2 is 2.28 bits per heavy atom. The van der Waals surface area contributed by atoms with Crippen molar-refractivity contribution in [2.24, 2.45) is 0 Å². The van der Waals surface area contributed by atoms with E-state index in [9.17, 15) is 4.79 Å². The first kappa shape index (κ1) is 13.5. The van der Waals surface area contributed by atoms with Crippen molar-refractivity contribution in [3.8, 4) is 0 Å². The zero-order valence-corrected chi connectivity index (χ0v) is 11.1. The maximum Gasteiger partial charge on any atom is 0.411 e. The van der Waals surface area contributed by atoms with Gasteiger partial charge in [0.2, 0.25) is 0 Å². The summed E-state index contributed by atoms with van der Waals surface area (Å²) in [7, 11) is 0. The van der Waals surface area contributed by atoms with Gasteiger partial charge in [0.05, 0.1) is 16.1 Å². The highest BCUT2D eigenvalue weighted by Gasteiger charge is 2.17. The Labute approximate surface area is 115 Å². The molecule has 1 saturated heterocycles. The minimum atomic E-state index is -0.524. The predicted octanol–water partition coefficient (Wildman–Crippen LogP) is 3.72. The first-order chi connectivity index (χ1) is 8.65. The SMILES string of the molecule is O=C(Nc1ccc(Cl)c(Cl)c1)OCC1CCCO1. The van der Waals surface area contributed by atoms with Gasteiger partial charge in [0.25, 0.3) is 0 Å². The molecule has 0 radical (unpaired) electrons. The highest BCUT2D eigenvalue weighted by atomic mass is 35.5. The van der Waals surface area contributed by atoms with Crippen molar-refractivity contribution in [3.05, 3.63) is 28.2 Å². The third-order valence-corrected chi connectivity index (χ3v) is 3.33. The molecule has 2 rings (SSSR count). The summed E-state index contributed by atoms with van der Waals surface area (Å²) in [6, 6.07) is 4.83. The number of nitrogens with one attached hydrogen (secondary N) is 1. The molecule has 0 spiro atoms. The highest BCUT2D eigenvalue weighted by molar-refractivity contribution is 6.42. The van der Waals surface area contributed by atoms with Crippen LogP contribution in [0.2, 0.25) is 10.0 Å². The van der Waals surface area contributed by atoms with Crippen molar-refractivity contribution in [3.63, 3.8) is 0 Å². The molecule has 1 N–H and O–H groups in total. The van der Waals surface area contributed by atoms with E-state index >= 15 is 0 Å². The van der Waals surface area contributed by atoms with Crippen LogP contribution in [0.3, 0.4) is 0 Å². The number of benzene rings is 1. The fourth-order valence-corrected chi connectivity index (χ4v) is 1.97. The molecule has 18 heavy (non-hydrogen) atoms. The largest absolute Gasteiger partial charge is 0.447 e. The zero-order chi connectivity index (χ0) is 13.0. The van der Waals surface area contributed by atoms with E-state index in [2.05, 4.69) is 5.32 Å². The number of halogens is 2. The van der Waals surface area contributed by atoms with Crippen molar-refractivity contribution in [1.29, 1.82) is 0 Å². The lowest BCUT2D eigenvalue weighted by atomic mass is 10.2. The molecular weight excluding hydrogens is 277 g/mol. The molecule has 0 bridgehead atoms. The van der Waals surface area contributed by atoms with Crippen molar-refractivity contribution in [2.75, 3.05) is 18.5 Å². The van der Waals surface area contributed by atoms with Gasteiger partial charge in [-0.05, 0) is 31.0 Å². The van der Waals surface area contributed by atoms with Crippen LogP contribution in [0.25, 0.3) is 0 Å². The number of carbonyl (C=O) groups excluding carboxylic acids is 1. The molecule has 1 aromatic rings. The average molecular weight is 290 g/mol. The second-order valence-corrected chi connectivity index (χ2v) is 4.80. The molecule has 0 aliphatic carbocycles. The van der Waals surface area contributed by atoms with Gasteiger partial charge in [-0.15, -0.1) is 0 Å². The fourth-order valence-electron chi connectivity index (χ4n) is 1.67. The van der Waals surface area contributed by atoms with Gasteiger partial charge in [0.1, 0.15) is 6.61 Å². The number of anilines is 1. The molecule has 98 valence electrons. The number of amides is 1. The van der Waals surface area contributed by atoms with E-state index in [1.54, 1.807) is 18.2 Å². The number of hydrogen-bond donors (Lipinski definition) is 1. The van der Waals surface area contributed by atoms with Gasteiger partial charge >= 0.3 is 6.09 Å². The third kappa shape index (κ3) is 3.77. The van der Waals surface area contributed by atoms with Crippen molar-refractivity contribution in [2.45, 2.75) is 18.9 Å². The molecular formula is C12H13Cl2NO3. The van der Waals surface area contributed by atoms with Gasteiger partial charge in [-0.2, -0.15) is 0 Å². The van der Waals surface area contributed by atoms with Crippen LogP contribution in [0.4, 0.5) is 10.5 Å². The van der Waals surface area contributed by atoms with Gasteiger partial charge in [-0.25, -0.2) is 4.79 Å². The van der Waals surface area contributed by atoms with E-state index in [1.807, 2.05) is 0 Å². The van der Waals surface area contributed by atoms with E-state index in [4.69, 9.17) is 32.7 Å². The topological polar surface area (TPSA) is 47.6 Å². The highest BCUT2D eigenvalue weighted by Crippen LogP contribution is 2.25. The molecule has 1 aromatic carbocycles. The first-order valence-corrected chi connectivity index (χ1v) is 6.41. The summed E-state index contributed by atoms with van der Waals surface area (Å²) in [5.41, 5.74) is 0.543. The van der Waals surface area contributed by atoms with Gasteiger partial charge in [0, 0.05) is 12.3 Å². The first-order valence-electron chi connectivity index (χ1n) is 5.65. The Hall–Kier alpha value is -0.970. The van der Waals surface area contributed by atoms with Crippen LogP contribution in [0, 0.1) is 0 Å². The van der Waals surface area contributed by atoms with Crippen LogP contribution in [0.15, 0.2) is 18.2 Å². The number of ether oxygens (including phenoxy) is 2. The Bertz CT molecular complexity index is 433. The Balaban J connectivity index is 1.80. The predicted molar refractivity (Wildman–Crippen MR) is 70.4 cm³/mol. The zero-order valence-electron chi connectivity index (χ0n) is 9.62. The molecule has 1 aliphatic rings. The third-order valence-electron chi connectivity index (χ3n) is 2.59. The summed E-state index contributed by atoms with van der Waals surface area (Å²) in [6.07, 6.45) is 1.44. The summed E-state index contributed by atoms with van der Waals surface area (Å²) in [6.45, 7) is 1.01. The number of rotatable bonds is 3. The van der Waals surface area contributed by atoms with E-state index in [-0.39, 0.29) is 12.7 Å². The molecule has 1 atom stereocenters. The van der Waals surface area contributed by atoms with Crippen molar-refractivity contribution >= 4 is 35.0 Å². The van der Waals surface area contributed by atoms with E-state index < -0.39 is 6.09 Å². The monoisotopic (exact) mass is 289 g/mol. The van der Waals surface area contributed by atoms with Crippen molar-refractivity contribution in [1.82, 2.24) is 0 Å². The molecule has 6 heteroatoms. The van der Waals surface area contributed by atoms with Crippen LogP contribution >= 0.6 is 23.2 Å². The molecule has 0 aromatic heterocycles. The summed E-state index contributed by atoms with van der Waals surface area (Å²) in [5, 5.41) is 3.40. The Morgan fingerprint density at radius 1 is 1.44 bits per heavy atom. The maximum absolute atomic E-state index is 11.5. The van der Waals surface area contributed by atoms with Crippen LogP contribution in [-0.4, -0.2) is 25.4 Å². The van der Waals surface area contributed by atoms with Gasteiger partial charge in [0.15, 0.2) is 0 Å². The molecule has 1 heterocycles. The lowest BCUT2D eigenvalue weighted by molar-refractivity contribution is 0.0484. The molecule has 1 aliphatic heterocycles. The average Bonchev–Trinajstić information content (AvgIpc) is 2.84. The number of carbonyl (C=O) groups is 1.